The van der Waals surface area contributed by atoms with Gasteiger partial charge in [0, 0.05) is 0 Å². The zero-order chi connectivity index (χ0) is 13.7. The summed E-state index contributed by atoms with van der Waals surface area (Å²) in [5.41, 5.74) is 0.957. The van der Waals surface area contributed by atoms with Crippen LogP contribution in [0.3, 0.4) is 0 Å². The van der Waals surface area contributed by atoms with E-state index in [1.807, 2.05) is 37.3 Å². The van der Waals surface area contributed by atoms with Crippen LogP contribution in [-0.2, 0) is 9.59 Å². The van der Waals surface area contributed by atoms with Gasteiger partial charge in [-0.1, -0.05) is 44.2 Å². The van der Waals surface area contributed by atoms with Crippen LogP contribution in [0.15, 0.2) is 30.3 Å². The molecule has 0 saturated heterocycles. The van der Waals surface area contributed by atoms with Gasteiger partial charge >= 0.3 is 5.97 Å². The van der Waals surface area contributed by atoms with Gasteiger partial charge in [0.1, 0.15) is 5.92 Å². The van der Waals surface area contributed by atoms with Crippen LogP contribution < -0.4 is 5.32 Å². The quantitative estimate of drug-likeness (QED) is 0.786. The molecule has 2 N–H and O–H groups in total. The maximum absolute atomic E-state index is 11.9. The topological polar surface area (TPSA) is 66.4 Å². The summed E-state index contributed by atoms with van der Waals surface area (Å²) in [5.74, 6) is -2.75. The largest absolute Gasteiger partial charge is 0.481 e. The lowest BCUT2D eigenvalue weighted by atomic mass is 9.94. The Balaban J connectivity index is 2.72. The first-order chi connectivity index (χ1) is 8.43. The fraction of sp³-hybridized carbons (Fsp3) is 0.429. The Hall–Kier alpha value is -1.84. The number of carboxylic acid groups (broad SMARTS) is 1. The molecule has 0 aliphatic rings. The zero-order valence-corrected chi connectivity index (χ0v) is 10.9. The third kappa shape index (κ3) is 3.58. The first-order valence-electron chi connectivity index (χ1n) is 6.01. The highest BCUT2D eigenvalue weighted by Crippen LogP contribution is 2.16. The summed E-state index contributed by atoms with van der Waals surface area (Å²) in [6.45, 7) is 5.30. The molecule has 0 aromatic heterocycles. The third-order valence-electron chi connectivity index (χ3n) is 2.87. The summed E-state index contributed by atoms with van der Waals surface area (Å²) in [6.07, 6.45) is 0. The van der Waals surface area contributed by atoms with Crippen molar-refractivity contribution in [2.75, 3.05) is 0 Å². The van der Waals surface area contributed by atoms with Crippen LogP contribution in [-0.4, -0.2) is 17.0 Å². The minimum Gasteiger partial charge on any atom is -0.481 e. The van der Waals surface area contributed by atoms with Crippen LogP contribution in [0.2, 0.25) is 0 Å². The Kier molecular flexibility index (Phi) is 4.89. The van der Waals surface area contributed by atoms with Gasteiger partial charge in [-0.2, -0.15) is 0 Å². The van der Waals surface area contributed by atoms with E-state index >= 15 is 0 Å². The molecule has 2 unspecified atom stereocenters. The molecule has 0 bridgehead atoms. The molecular formula is C14H19NO3. The van der Waals surface area contributed by atoms with Gasteiger partial charge in [-0.05, 0) is 18.4 Å². The van der Waals surface area contributed by atoms with Crippen molar-refractivity contribution in [1.82, 2.24) is 5.32 Å². The predicted molar refractivity (Wildman–Crippen MR) is 69.0 cm³/mol. The van der Waals surface area contributed by atoms with Crippen LogP contribution in [0, 0.1) is 11.8 Å². The number of hydrogen-bond acceptors (Lipinski definition) is 2. The van der Waals surface area contributed by atoms with Crippen LogP contribution in [0.5, 0.6) is 0 Å². The average Bonchev–Trinajstić information content (AvgIpc) is 2.28. The molecule has 1 amide bonds. The Morgan fingerprint density at radius 1 is 1.11 bits per heavy atom. The normalized spacial score (nSPS) is 14.0. The van der Waals surface area contributed by atoms with Crippen LogP contribution >= 0.6 is 0 Å². The van der Waals surface area contributed by atoms with Crippen molar-refractivity contribution in [1.29, 1.82) is 0 Å². The van der Waals surface area contributed by atoms with Gasteiger partial charge in [0.2, 0.25) is 5.91 Å². The summed E-state index contributed by atoms with van der Waals surface area (Å²) in [5, 5.41) is 11.8. The summed E-state index contributed by atoms with van der Waals surface area (Å²) in [6, 6.07) is 9.27. The maximum atomic E-state index is 11.9. The van der Waals surface area contributed by atoms with Gasteiger partial charge in [-0.3, -0.25) is 9.59 Å². The Morgan fingerprint density at radius 3 is 2.11 bits per heavy atom. The molecule has 0 saturated carbocycles. The van der Waals surface area contributed by atoms with Crippen LogP contribution in [0.25, 0.3) is 0 Å². The number of benzene rings is 1. The highest BCUT2D eigenvalue weighted by Gasteiger charge is 2.30. The van der Waals surface area contributed by atoms with E-state index in [1.54, 1.807) is 13.8 Å². The number of hydrogen-bond donors (Lipinski definition) is 2. The van der Waals surface area contributed by atoms with Crippen LogP contribution in [0.1, 0.15) is 32.4 Å². The van der Waals surface area contributed by atoms with E-state index in [1.165, 1.54) is 0 Å². The smallest absolute Gasteiger partial charge is 0.316 e. The number of aliphatic carboxylic acids is 1. The Labute approximate surface area is 107 Å². The number of amides is 1. The molecule has 0 radical (unpaired) electrons. The molecule has 0 spiro atoms. The van der Waals surface area contributed by atoms with Crippen molar-refractivity contribution < 1.29 is 14.7 Å². The fourth-order valence-corrected chi connectivity index (χ4v) is 1.83. The minimum absolute atomic E-state index is 0.195. The second-order valence-corrected chi connectivity index (χ2v) is 4.70. The van der Waals surface area contributed by atoms with Crippen molar-refractivity contribution in [2.24, 2.45) is 11.8 Å². The molecule has 0 heterocycles. The minimum atomic E-state index is -1.08. The first kappa shape index (κ1) is 14.2. The summed E-state index contributed by atoms with van der Waals surface area (Å²) in [4.78, 5) is 23.0. The summed E-state index contributed by atoms with van der Waals surface area (Å²) in [7, 11) is 0. The Morgan fingerprint density at radius 2 is 1.67 bits per heavy atom. The van der Waals surface area contributed by atoms with E-state index in [0.29, 0.717) is 0 Å². The van der Waals surface area contributed by atoms with Crippen molar-refractivity contribution >= 4 is 11.9 Å². The predicted octanol–water partition coefficient (Wildman–Crippen LogP) is 2.22. The lowest BCUT2D eigenvalue weighted by Gasteiger charge is -2.20. The van der Waals surface area contributed by atoms with E-state index in [4.69, 9.17) is 5.11 Å². The van der Waals surface area contributed by atoms with Crippen LogP contribution in [0.4, 0.5) is 0 Å². The summed E-state index contributed by atoms with van der Waals surface area (Å²) < 4.78 is 0. The van der Waals surface area contributed by atoms with E-state index in [0.717, 1.165) is 5.56 Å². The number of carbonyl (C=O) groups is 2. The van der Waals surface area contributed by atoms with E-state index in [2.05, 4.69) is 5.32 Å². The SMILES string of the molecule is CC(NC(=O)C(C(=O)O)C(C)C)c1ccccc1. The van der Waals surface area contributed by atoms with E-state index in [-0.39, 0.29) is 12.0 Å². The van der Waals surface area contributed by atoms with Gasteiger partial charge in [-0.15, -0.1) is 0 Å². The highest BCUT2D eigenvalue weighted by atomic mass is 16.4. The molecule has 1 rings (SSSR count). The molecule has 4 nitrogen and oxygen atoms in total. The lowest BCUT2D eigenvalue weighted by Crippen LogP contribution is -2.39. The molecule has 98 valence electrons. The molecule has 1 aromatic rings. The zero-order valence-electron chi connectivity index (χ0n) is 10.9. The highest BCUT2D eigenvalue weighted by molar-refractivity contribution is 5.97. The van der Waals surface area contributed by atoms with Crippen molar-refractivity contribution in [3.05, 3.63) is 35.9 Å². The maximum Gasteiger partial charge on any atom is 0.316 e. The molecule has 1 aromatic carbocycles. The molecule has 0 aliphatic carbocycles. The number of nitrogens with one attached hydrogen (secondary N) is 1. The lowest BCUT2D eigenvalue weighted by molar-refractivity contribution is -0.149. The van der Waals surface area contributed by atoms with Crippen molar-refractivity contribution in [2.45, 2.75) is 26.8 Å². The second kappa shape index (κ2) is 6.19. The van der Waals surface area contributed by atoms with Gasteiger partial charge in [0.05, 0.1) is 6.04 Å². The summed E-state index contributed by atoms with van der Waals surface area (Å²) >= 11 is 0. The molecular weight excluding hydrogens is 230 g/mol. The number of carbonyl (C=O) groups excluding carboxylic acids is 1. The van der Waals surface area contributed by atoms with Gasteiger partial charge in [-0.25, -0.2) is 0 Å². The van der Waals surface area contributed by atoms with Crippen molar-refractivity contribution in [3.63, 3.8) is 0 Å². The second-order valence-electron chi connectivity index (χ2n) is 4.70. The molecule has 0 aliphatic heterocycles. The van der Waals surface area contributed by atoms with Gasteiger partial charge < -0.3 is 10.4 Å². The number of rotatable bonds is 5. The van der Waals surface area contributed by atoms with E-state index in [9.17, 15) is 9.59 Å². The third-order valence-corrected chi connectivity index (χ3v) is 2.87. The van der Waals surface area contributed by atoms with Crippen molar-refractivity contribution in [3.8, 4) is 0 Å². The Bertz CT molecular complexity index is 414. The monoisotopic (exact) mass is 249 g/mol. The standard InChI is InChI=1S/C14H19NO3/c1-9(2)12(14(17)18)13(16)15-10(3)11-7-5-4-6-8-11/h4-10,12H,1-3H3,(H,15,16)(H,17,18). The number of carboxylic acids is 1. The van der Waals surface area contributed by atoms with Gasteiger partial charge in [0.25, 0.3) is 0 Å². The van der Waals surface area contributed by atoms with E-state index < -0.39 is 17.8 Å². The molecule has 2 atom stereocenters. The first-order valence-corrected chi connectivity index (χ1v) is 6.01. The average molecular weight is 249 g/mol. The van der Waals surface area contributed by atoms with Gasteiger partial charge in [0.15, 0.2) is 0 Å². The molecule has 4 heteroatoms. The molecule has 18 heavy (non-hydrogen) atoms. The molecule has 0 fully saturated rings. The fourth-order valence-electron chi connectivity index (χ4n) is 1.83.